The lowest BCUT2D eigenvalue weighted by molar-refractivity contribution is -0.282. The Kier molecular flexibility index (Phi) is 8.41. The molecule has 0 saturated carbocycles. The quantitative estimate of drug-likeness (QED) is 0.299. The zero-order valence-electron chi connectivity index (χ0n) is 16.7. The van der Waals surface area contributed by atoms with Gasteiger partial charge in [0.05, 0.1) is 7.11 Å². The highest BCUT2D eigenvalue weighted by molar-refractivity contribution is 14.1. The Morgan fingerprint density at radius 1 is 0.833 bits per heavy atom. The van der Waals surface area contributed by atoms with E-state index >= 15 is 0 Å². The van der Waals surface area contributed by atoms with Crippen LogP contribution in [-0.2, 0) is 42.9 Å². The van der Waals surface area contributed by atoms with Crippen molar-refractivity contribution in [3.63, 3.8) is 0 Å². The summed E-state index contributed by atoms with van der Waals surface area (Å²) in [7, 11) is 1.12. The highest BCUT2D eigenvalue weighted by Crippen LogP contribution is 2.31. The molecule has 0 unspecified atom stereocenters. The molecule has 0 aliphatic carbocycles. The van der Waals surface area contributed by atoms with Crippen molar-refractivity contribution in [2.45, 2.75) is 51.5 Å². The summed E-state index contributed by atoms with van der Waals surface area (Å²) in [5.41, 5.74) is 0. The second-order valence-corrected chi connectivity index (χ2v) is 7.49. The van der Waals surface area contributed by atoms with Crippen molar-refractivity contribution >= 4 is 46.5 Å². The summed E-state index contributed by atoms with van der Waals surface area (Å²) in [5.74, 6) is -2.80. The molecule has 0 spiro atoms. The molecule has 1 heterocycles. The highest BCUT2D eigenvalue weighted by atomic mass is 127. The molecule has 0 radical (unpaired) electrons. The maximum Gasteiger partial charge on any atom is 0.339 e. The molecule has 1 aromatic carbocycles. The van der Waals surface area contributed by atoms with Gasteiger partial charge in [-0.2, -0.15) is 0 Å². The first-order valence-electron chi connectivity index (χ1n) is 8.79. The molecule has 164 valence electrons. The van der Waals surface area contributed by atoms with Crippen molar-refractivity contribution < 1.29 is 47.6 Å². The molecule has 0 N–H and O–H groups in total. The molecular weight excluding hydrogens is 515 g/mol. The zero-order valence-corrected chi connectivity index (χ0v) is 18.8. The van der Waals surface area contributed by atoms with Crippen molar-refractivity contribution in [2.75, 3.05) is 7.11 Å². The van der Waals surface area contributed by atoms with Gasteiger partial charge in [0.25, 0.3) is 0 Å². The Bertz CT molecular complexity index is 793. The molecule has 1 aromatic rings. The van der Waals surface area contributed by atoms with Gasteiger partial charge in [0.15, 0.2) is 18.3 Å². The van der Waals surface area contributed by atoms with Crippen LogP contribution >= 0.6 is 22.6 Å². The topological polar surface area (TPSA) is 124 Å². The fraction of sp³-hybridized carbons (Fsp3) is 0.474. The molecule has 30 heavy (non-hydrogen) atoms. The van der Waals surface area contributed by atoms with Crippen LogP contribution in [-0.4, -0.2) is 61.7 Å². The van der Waals surface area contributed by atoms with E-state index in [1.165, 1.54) is 0 Å². The van der Waals surface area contributed by atoms with E-state index in [9.17, 15) is 19.2 Å². The van der Waals surface area contributed by atoms with E-state index in [4.69, 9.17) is 28.4 Å². The molecule has 0 aromatic heterocycles. The SMILES string of the molecule is COC(=O)[C@H]1O[C@@H](Oc2ccc(I)cc2)[C@H](OC(C)=O)[C@H](OC(C)=O)[C@H]1OC(C)=O. The van der Waals surface area contributed by atoms with E-state index in [2.05, 4.69) is 22.6 Å². The van der Waals surface area contributed by atoms with Gasteiger partial charge in [-0.1, -0.05) is 0 Å². The molecular formula is C19H21IO10. The predicted molar refractivity (Wildman–Crippen MR) is 107 cm³/mol. The van der Waals surface area contributed by atoms with Crippen LogP contribution in [0.4, 0.5) is 0 Å². The van der Waals surface area contributed by atoms with E-state index < -0.39 is 54.6 Å². The van der Waals surface area contributed by atoms with Crippen LogP contribution in [0.3, 0.4) is 0 Å². The average Bonchev–Trinajstić information content (AvgIpc) is 2.66. The number of hydrogen-bond donors (Lipinski definition) is 0. The van der Waals surface area contributed by atoms with Crippen LogP contribution in [0.25, 0.3) is 0 Å². The first-order valence-corrected chi connectivity index (χ1v) is 9.87. The van der Waals surface area contributed by atoms with E-state index in [1.807, 2.05) is 0 Å². The molecule has 0 bridgehead atoms. The van der Waals surface area contributed by atoms with Crippen molar-refractivity contribution in [3.8, 4) is 5.75 Å². The van der Waals surface area contributed by atoms with Gasteiger partial charge in [0, 0.05) is 24.3 Å². The van der Waals surface area contributed by atoms with Gasteiger partial charge in [0.2, 0.25) is 12.4 Å². The lowest BCUT2D eigenvalue weighted by Crippen LogP contribution is -2.64. The fourth-order valence-electron chi connectivity index (χ4n) is 2.82. The lowest BCUT2D eigenvalue weighted by Gasteiger charge is -2.43. The van der Waals surface area contributed by atoms with Crippen LogP contribution in [0.5, 0.6) is 5.75 Å². The van der Waals surface area contributed by atoms with Crippen LogP contribution < -0.4 is 4.74 Å². The first-order chi connectivity index (χ1) is 14.1. The third-order valence-corrected chi connectivity index (χ3v) is 4.62. The van der Waals surface area contributed by atoms with Gasteiger partial charge >= 0.3 is 23.9 Å². The minimum atomic E-state index is -1.50. The van der Waals surface area contributed by atoms with Gasteiger partial charge in [-0.15, -0.1) is 0 Å². The van der Waals surface area contributed by atoms with E-state index in [-0.39, 0.29) is 0 Å². The van der Waals surface area contributed by atoms with Gasteiger partial charge in [-0.05, 0) is 46.9 Å². The van der Waals surface area contributed by atoms with Crippen molar-refractivity contribution in [1.29, 1.82) is 0 Å². The standard InChI is InChI=1S/C19H21IO10/c1-9(21)26-14-15(27-10(2)22)17(28-11(3)23)19(30-16(14)18(24)25-4)29-13-7-5-12(20)6-8-13/h5-8,14-17,19H,1-4H3/t14-,15-,16+,17-,19-/m1/s1. The maximum atomic E-state index is 12.3. The number of benzene rings is 1. The Morgan fingerprint density at radius 2 is 1.33 bits per heavy atom. The van der Waals surface area contributed by atoms with Crippen molar-refractivity contribution in [2.24, 2.45) is 0 Å². The number of rotatable bonds is 6. The average molecular weight is 536 g/mol. The minimum Gasteiger partial charge on any atom is -0.467 e. The largest absolute Gasteiger partial charge is 0.467 e. The zero-order chi connectivity index (χ0) is 22.4. The Hall–Kier alpha value is -2.41. The number of carbonyl (C=O) groups is 4. The van der Waals surface area contributed by atoms with E-state index in [0.717, 1.165) is 31.5 Å². The third kappa shape index (κ3) is 6.29. The summed E-state index contributed by atoms with van der Waals surface area (Å²) >= 11 is 2.11. The van der Waals surface area contributed by atoms with Gasteiger partial charge < -0.3 is 28.4 Å². The highest BCUT2D eigenvalue weighted by Gasteiger charge is 2.55. The monoisotopic (exact) mass is 536 g/mol. The summed E-state index contributed by atoms with van der Waals surface area (Å²) in [6.07, 6.45) is -7.02. The molecule has 1 saturated heterocycles. The third-order valence-electron chi connectivity index (χ3n) is 3.90. The number of carbonyl (C=O) groups excluding carboxylic acids is 4. The second-order valence-electron chi connectivity index (χ2n) is 6.24. The maximum absolute atomic E-state index is 12.3. The number of halogens is 1. The molecule has 1 aliphatic heterocycles. The number of methoxy groups -OCH3 is 1. The van der Waals surface area contributed by atoms with Crippen LogP contribution in [0.1, 0.15) is 20.8 Å². The molecule has 1 aliphatic rings. The lowest BCUT2D eigenvalue weighted by atomic mass is 9.97. The Balaban J connectivity index is 2.47. The number of hydrogen-bond acceptors (Lipinski definition) is 10. The van der Waals surface area contributed by atoms with Crippen molar-refractivity contribution in [3.05, 3.63) is 27.8 Å². The van der Waals surface area contributed by atoms with Gasteiger partial charge in [0.1, 0.15) is 5.75 Å². The minimum absolute atomic E-state index is 0.341. The van der Waals surface area contributed by atoms with E-state index in [1.54, 1.807) is 24.3 Å². The second kappa shape index (κ2) is 10.6. The summed E-state index contributed by atoms with van der Waals surface area (Å²) < 4.78 is 32.8. The van der Waals surface area contributed by atoms with E-state index in [0.29, 0.717) is 5.75 Å². The predicted octanol–water partition coefficient (Wildman–Crippen LogP) is 1.36. The van der Waals surface area contributed by atoms with Crippen LogP contribution in [0.15, 0.2) is 24.3 Å². The summed E-state index contributed by atoms with van der Waals surface area (Å²) in [6.45, 7) is 3.36. The van der Waals surface area contributed by atoms with Crippen LogP contribution in [0.2, 0.25) is 0 Å². The summed E-state index contributed by atoms with van der Waals surface area (Å²) in [5, 5.41) is 0. The van der Waals surface area contributed by atoms with Crippen molar-refractivity contribution in [1.82, 2.24) is 0 Å². The van der Waals surface area contributed by atoms with Gasteiger partial charge in [-0.3, -0.25) is 14.4 Å². The smallest absolute Gasteiger partial charge is 0.339 e. The molecule has 1 fully saturated rings. The normalized spacial score (nSPS) is 25.6. The number of esters is 4. The van der Waals surface area contributed by atoms with Gasteiger partial charge in [-0.25, -0.2) is 4.79 Å². The molecule has 5 atom stereocenters. The number of ether oxygens (including phenoxy) is 6. The summed E-state index contributed by atoms with van der Waals surface area (Å²) in [4.78, 5) is 47.4. The first kappa shape index (κ1) is 23.9. The summed E-state index contributed by atoms with van der Waals surface area (Å²) in [6, 6.07) is 6.81. The Morgan fingerprint density at radius 3 is 1.83 bits per heavy atom. The molecule has 0 amide bonds. The molecule has 11 heteroatoms. The van der Waals surface area contributed by atoms with Crippen LogP contribution in [0, 0.1) is 3.57 Å². The Labute approximate surface area is 186 Å². The molecule has 2 rings (SSSR count). The molecule has 10 nitrogen and oxygen atoms in total. The fourth-order valence-corrected chi connectivity index (χ4v) is 3.18.